The van der Waals surface area contributed by atoms with Crippen molar-refractivity contribution >= 4 is 41.7 Å². The van der Waals surface area contributed by atoms with Crippen molar-refractivity contribution in [2.45, 2.75) is 37.6 Å². The standard InChI is InChI=1S/C16H32N4S.HI/c1-18(2)15(19(3)4)17-14-16(8-6-5-7-9-16)20-10-12-21-13-11-20;/h5-14H2,1-4H3;1H. The second-order valence-electron chi connectivity index (χ2n) is 6.79. The first-order valence-corrected chi connectivity index (χ1v) is 9.42. The fraction of sp³-hybridized carbons (Fsp3) is 0.938. The highest BCUT2D eigenvalue weighted by Gasteiger charge is 2.38. The molecule has 1 aliphatic carbocycles. The molecule has 1 saturated carbocycles. The SMILES string of the molecule is CN(C)C(=NCC1(N2CCSCC2)CCCCC1)N(C)C.I. The van der Waals surface area contributed by atoms with Gasteiger partial charge in [-0.2, -0.15) is 11.8 Å². The van der Waals surface area contributed by atoms with E-state index in [4.69, 9.17) is 4.99 Å². The van der Waals surface area contributed by atoms with Gasteiger partial charge in [-0.1, -0.05) is 19.3 Å². The summed E-state index contributed by atoms with van der Waals surface area (Å²) in [5.74, 6) is 3.67. The van der Waals surface area contributed by atoms with Crippen LogP contribution in [0.2, 0.25) is 0 Å². The van der Waals surface area contributed by atoms with E-state index in [1.54, 1.807) is 0 Å². The van der Waals surface area contributed by atoms with Crippen molar-refractivity contribution in [3.05, 3.63) is 0 Å². The molecule has 0 amide bonds. The number of hydrogen-bond donors (Lipinski definition) is 0. The van der Waals surface area contributed by atoms with Gasteiger partial charge in [-0.3, -0.25) is 9.89 Å². The van der Waals surface area contributed by atoms with E-state index in [0.29, 0.717) is 5.54 Å². The second kappa shape index (κ2) is 9.57. The zero-order chi connectivity index (χ0) is 15.3. The number of thioether (sulfide) groups is 1. The Morgan fingerprint density at radius 3 is 2.05 bits per heavy atom. The van der Waals surface area contributed by atoms with Gasteiger partial charge in [-0.25, -0.2) is 0 Å². The largest absolute Gasteiger partial charge is 0.349 e. The topological polar surface area (TPSA) is 22.1 Å². The molecule has 1 heterocycles. The smallest absolute Gasteiger partial charge is 0.195 e. The molecule has 4 nitrogen and oxygen atoms in total. The maximum absolute atomic E-state index is 5.01. The number of halogens is 1. The van der Waals surface area contributed by atoms with Gasteiger partial charge in [0.15, 0.2) is 5.96 Å². The van der Waals surface area contributed by atoms with E-state index in [1.165, 1.54) is 56.7 Å². The minimum absolute atomic E-state index is 0. The number of aliphatic imine (C=N–C) groups is 1. The Balaban J connectivity index is 0.00000242. The molecule has 0 unspecified atom stereocenters. The Kier molecular flexibility index (Phi) is 8.85. The molecule has 2 fully saturated rings. The number of nitrogens with zero attached hydrogens (tertiary/aromatic N) is 4. The van der Waals surface area contributed by atoms with Crippen LogP contribution in [0.25, 0.3) is 0 Å². The zero-order valence-corrected chi connectivity index (χ0v) is 17.8. The van der Waals surface area contributed by atoms with Crippen LogP contribution in [-0.4, -0.2) is 85.5 Å². The van der Waals surface area contributed by atoms with E-state index in [-0.39, 0.29) is 24.0 Å². The van der Waals surface area contributed by atoms with Gasteiger partial charge < -0.3 is 9.80 Å². The van der Waals surface area contributed by atoms with Gasteiger partial charge >= 0.3 is 0 Å². The average molecular weight is 440 g/mol. The van der Waals surface area contributed by atoms with Gasteiger partial charge in [0.05, 0.1) is 6.54 Å². The van der Waals surface area contributed by atoms with E-state index < -0.39 is 0 Å². The quantitative estimate of drug-likeness (QED) is 0.382. The third kappa shape index (κ3) is 5.16. The summed E-state index contributed by atoms with van der Waals surface area (Å²) in [6, 6.07) is 0. The first-order valence-electron chi connectivity index (χ1n) is 8.27. The van der Waals surface area contributed by atoms with Crippen molar-refractivity contribution < 1.29 is 0 Å². The fourth-order valence-electron chi connectivity index (χ4n) is 3.72. The molecule has 130 valence electrons. The molecule has 2 rings (SSSR count). The molecular formula is C16H33IN4S. The van der Waals surface area contributed by atoms with Crippen LogP contribution >= 0.6 is 35.7 Å². The predicted octanol–water partition coefficient (Wildman–Crippen LogP) is 2.84. The van der Waals surface area contributed by atoms with E-state index in [9.17, 15) is 0 Å². The third-order valence-electron chi connectivity index (χ3n) is 4.78. The van der Waals surface area contributed by atoms with Crippen molar-refractivity contribution in [2.24, 2.45) is 4.99 Å². The summed E-state index contributed by atoms with van der Waals surface area (Å²) in [5.41, 5.74) is 0.330. The fourth-order valence-corrected chi connectivity index (χ4v) is 4.63. The summed E-state index contributed by atoms with van der Waals surface area (Å²) in [6.45, 7) is 3.46. The van der Waals surface area contributed by atoms with E-state index >= 15 is 0 Å². The lowest BCUT2D eigenvalue weighted by molar-refractivity contribution is 0.0668. The van der Waals surface area contributed by atoms with Crippen LogP contribution in [0, 0.1) is 0 Å². The molecule has 2 aliphatic rings. The van der Waals surface area contributed by atoms with Gasteiger partial charge in [0, 0.05) is 58.3 Å². The van der Waals surface area contributed by atoms with Crippen LogP contribution in [0.4, 0.5) is 0 Å². The maximum atomic E-state index is 5.01. The summed E-state index contributed by atoms with van der Waals surface area (Å²) in [4.78, 5) is 12.0. The van der Waals surface area contributed by atoms with Crippen molar-refractivity contribution in [3.63, 3.8) is 0 Å². The van der Waals surface area contributed by atoms with Crippen LogP contribution in [-0.2, 0) is 0 Å². The first-order chi connectivity index (χ1) is 10.1. The van der Waals surface area contributed by atoms with Crippen LogP contribution < -0.4 is 0 Å². The lowest BCUT2D eigenvalue weighted by Gasteiger charge is -2.47. The van der Waals surface area contributed by atoms with Gasteiger partial charge in [0.1, 0.15) is 0 Å². The summed E-state index contributed by atoms with van der Waals surface area (Å²) < 4.78 is 0. The van der Waals surface area contributed by atoms with Crippen molar-refractivity contribution in [2.75, 3.05) is 59.3 Å². The average Bonchev–Trinajstić information content (AvgIpc) is 2.48. The molecule has 22 heavy (non-hydrogen) atoms. The molecule has 0 N–H and O–H groups in total. The van der Waals surface area contributed by atoms with Gasteiger partial charge in [0.25, 0.3) is 0 Å². The lowest BCUT2D eigenvalue weighted by atomic mass is 9.80. The van der Waals surface area contributed by atoms with E-state index in [1.807, 2.05) is 0 Å². The zero-order valence-electron chi connectivity index (χ0n) is 14.7. The minimum Gasteiger partial charge on any atom is -0.349 e. The number of rotatable bonds is 3. The Bertz CT molecular complexity index is 338. The highest BCUT2D eigenvalue weighted by molar-refractivity contribution is 14.0. The molecule has 0 aromatic heterocycles. The molecule has 0 aromatic carbocycles. The van der Waals surface area contributed by atoms with Crippen LogP contribution in [0.5, 0.6) is 0 Å². The lowest BCUT2D eigenvalue weighted by Crippen LogP contribution is -2.55. The molecule has 0 bridgehead atoms. The Morgan fingerprint density at radius 1 is 1.00 bits per heavy atom. The summed E-state index contributed by atoms with van der Waals surface area (Å²) >= 11 is 2.10. The number of guanidine groups is 1. The Labute approximate surface area is 158 Å². The predicted molar refractivity (Wildman–Crippen MR) is 110 cm³/mol. The summed E-state index contributed by atoms with van der Waals surface area (Å²) in [5, 5.41) is 0. The first kappa shape index (κ1) is 20.4. The molecule has 0 aromatic rings. The number of hydrogen-bond acceptors (Lipinski definition) is 3. The maximum Gasteiger partial charge on any atom is 0.195 e. The normalized spacial score (nSPS) is 21.6. The monoisotopic (exact) mass is 440 g/mol. The van der Waals surface area contributed by atoms with Gasteiger partial charge in [0.2, 0.25) is 0 Å². The third-order valence-corrected chi connectivity index (χ3v) is 5.72. The Hall–Kier alpha value is 0.310. The molecular weight excluding hydrogens is 407 g/mol. The Morgan fingerprint density at radius 2 is 1.55 bits per heavy atom. The molecule has 0 atom stereocenters. The molecule has 6 heteroatoms. The molecule has 0 radical (unpaired) electrons. The van der Waals surface area contributed by atoms with E-state index in [0.717, 1.165) is 12.5 Å². The van der Waals surface area contributed by atoms with Crippen molar-refractivity contribution in [1.29, 1.82) is 0 Å². The molecule has 1 aliphatic heterocycles. The highest BCUT2D eigenvalue weighted by Crippen LogP contribution is 2.35. The van der Waals surface area contributed by atoms with Gasteiger partial charge in [-0.15, -0.1) is 24.0 Å². The summed E-state index contributed by atoms with van der Waals surface area (Å²) in [7, 11) is 8.35. The van der Waals surface area contributed by atoms with Crippen molar-refractivity contribution in [3.8, 4) is 0 Å². The van der Waals surface area contributed by atoms with E-state index in [2.05, 4.69) is 54.7 Å². The highest BCUT2D eigenvalue weighted by atomic mass is 127. The van der Waals surface area contributed by atoms with Crippen LogP contribution in [0.15, 0.2) is 4.99 Å². The minimum atomic E-state index is 0. The summed E-state index contributed by atoms with van der Waals surface area (Å²) in [6.07, 6.45) is 6.81. The van der Waals surface area contributed by atoms with Crippen LogP contribution in [0.1, 0.15) is 32.1 Å². The molecule has 1 saturated heterocycles. The molecule has 0 spiro atoms. The van der Waals surface area contributed by atoms with Crippen LogP contribution in [0.3, 0.4) is 0 Å². The second-order valence-corrected chi connectivity index (χ2v) is 8.01. The van der Waals surface area contributed by atoms with Gasteiger partial charge in [-0.05, 0) is 12.8 Å². The van der Waals surface area contributed by atoms with Crippen molar-refractivity contribution in [1.82, 2.24) is 14.7 Å².